The van der Waals surface area contributed by atoms with Crippen molar-refractivity contribution in [1.82, 2.24) is 0 Å². The van der Waals surface area contributed by atoms with Gasteiger partial charge in [-0.3, -0.25) is 5.43 Å². The molecule has 0 unspecified atom stereocenters. The van der Waals surface area contributed by atoms with E-state index >= 15 is 0 Å². The van der Waals surface area contributed by atoms with E-state index in [0.29, 0.717) is 27.4 Å². The Kier molecular flexibility index (Phi) is 5.74. The van der Waals surface area contributed by atoms with Crippen LogP contribution in [0.5, 0.6) is 5.75 Å². The highest BCUT2D eigenvalue weighted by atomic mass is 35.5. The molecule has 0 radical (unpaired) electrons. The lowest BCUT2D eigenvalue weighted by molar-refractivity contribution is 0.340. The number of para-hydroxylation sites is 1. The van der Waals surface area contributed by atoms with E-state index < -0.39 is 0 Å². The fourth-order valence-corrected chi connectivity index (χ4v) is 2.59. The third-order valence-electron chi connectivity index (χ3n) is 2.61. The van der Waals surface area contributed by atoms with Crippen LogP contribution in [0.25, 0.3) is 0 Å². The number of hydrogen-bond donors (Lipinski definition) is 1. The van der Waals surface area contributed by atoms with Gasteiger partial charge in [-0.05, 0) is 31.2 Å². The van der Waals surface area contributed by atoms with Gasteiger partial charge in [0.2, 0.25) is 0 Å². The zero-order valence-electron chi connectivity index (χ0n) is 11.2. The predicted molar refractivity (Wildman–Crippen MR) is 90.3 cm³/mol. The first-order chi connectivity index (χ1) is 10.1. The van der Waals surface area contributed by atoms with E-state index in [1.54, 1.807) is 18.3 Å². The lowest BCUT2D eigenvalue weighted by atomic mass is 10.2. The minimum atomic E-state index is 0.405. The van der Waals surface area contributed by atoms with E-state index in [2.05, 4.69) is 10.5 Å². The van der Waals surface area contributed by atoms with Crippen LogP contribution in [0.4, 0.5) is 5.69 Å². The molecular weight excluding hydrogens is 331 g/mol. The number of nitrogens with one attached hydrogen (secondary N) is 1. The van der Waals surface area contributed by atoms with E-state index in [9.17, 15) is 0 Å². The third kappa shape index (κ3) is 4.27. The molecule has 2 aromatic carbocycles. The molecule has 0 aromatic heterocycles. The number of nitrogens with zero attached hydrogens (tertiary/aromatic N) is 1. The normalized spacial score (nSPS) is 10.9. The van der Waals surface area contributed by atoms with Gasteiger partial charge in [-0.15, -0.1) is 0 Å². The quantitative estimate of drug-likeness (QED) is 0.575. The summed E-state index contributed by atoms with van der Waals surface area (Å²) in [6.07, 6.45) is 1.65. The van der Waals surface area contributed by atoms with Crippen LogP contribution in [0.15, 0.2) is 41.5 Å². The van der Waals surface area contributed by atoms with Gasteiger partial charge in [-0.1, -0.05) is 46.9 Å². The lowest BCUT2D eigenvalue weighted by Gasteiger charge is -2.08. The zero-order chi connectivity index (χ0) is 15.2. The molecule has 2 rings (SSSR count). The topological polar surface area (TPSA) is 33.6 Å². The summed E-state index contributed by atoms with van der Waals surface area (Å²) in [6.45, 7) is 2.52. The number of ether oxygens (including phenoxy) is 1. The second kappa shape index (κ2) is 7.55. The Morgan fingerprint density at radius 1 is 1.14 bits per heavy atom. The molecule has 0 spiro atoms. The summed E-state index contributed by atoms with van der Waals surface area (Å²) in [5.74, 6) is 0.763. The summed E-state index contributed by atoms with van der Waals surface area (Å²) >= 11 is 18.0. The van der Waals surface area contributed by atoms with Crippen LogP contribution >= 0.6 is 34.8 Å². The Bertz CT molecular complexity index is 636. The first kappa shape index (κ1) is 16.0. The largest absolute Gasteiger partial charge is 0.493 e. The van der Waals surface area contributed by atoms with Crippen molar-refractivity contribution in [3.05, 3.63) is 57.0 Å². The molecule has 0 saturated heterocycles. The van der Waals surface area contributed by atoms with Crippen LogP contribution < -0.4 is 10.2 Å². The molecule has 110 valence electrons. The van der Waals surface area contributed by atoms with Gasteiger partial charge >= 0.3 is 0 Å². The summed E-state index contributed by atoms with van der Waals surface area (Å²) in [5.41, 5.74) is 4.18. The molecule has 3 nitrogen and oxygen atoms in total. The number of hydrogen-bond acceptors (Lipinski definition) is 3. The Morgan fingerprint density at radius 2 is 1.81 bits per heavy atom. The van der Waals surface area contributed by atoms with Gasteiger partial charge < -0.3 is 4.74 Å². The van der Waals surface area contributed by atoms with Crippen molar-refractivity contribution in [2.45, 2.75) is 6.92 Å². The minimum absolute atomic E-state index is 0.405. The van der Waals surface area contributed by atoms with Crippen LogP contribution in [0, 0.1) is 0 Å². The highest BCUT2D eigenvalue weighted by Gasteiger charge is 2.06. The average Bonchev–Trinajstić information content (AvgIpc) is 2.43. The Morgan fingerprint density at radius 3 is 2.48 bits per heavy atom. The number of rotatable bonds is 5. The summed E-state index contributed by atoms with van der Waals surface area (Å²) in [4.78, 5) is 0. The first-order valence-corrected chi connectivity index (χ1v) is 7.40. The number of anilines is 1. The molecule has 0 saturated carbocycles. The smallest absolute Gasteiger partial charge is 0.128 e. The van der Waals surface area contributed by atoms with E-state index in [-0.39, 0.29) is 0 Å². The van der Waals surface area contributed by atoms with Gasteiger partial charge in [0.15, 0.2) is 0 Å². The number of hydrazone groups is 1. The van der Waals surface area contributed by atoms with Crippen molar-refractivity contribution in [3.8, 4) is 5.75 Å². The maximum Gasteiger partial charge on any atom is 0.128 e. The lowest BCUT2D eigenvalue weighted by Crippen LogP contribution is -1.97. The first-order valence-electron chi connectivity index (χ1n) is 6.27. The molecule has 6 heteroatoms. The maximum atomic E-state index is 6.07. The molecule has 0 atom stereocenters. The molecule has 0 aliphatic carbocycles. The van der Waals surface area contributed by atoms with Crippen LogP contribution in [0.1, 0.15) is 12.5 Å². The molecule has 0 aliphatic heterocycles. The molecule has 0 amide bonds. The van der Waals surface area contributed by atoms with Gasteiger partial charge in [-0.25, -0.2) is 0 Å². The maximum absolute atomic E-state index is 6.07. The standard InChI is InChI=1S/C15H13Cl3N2O/c1-2-21-14-6-4-3-5-10(14)9-19-20-15-12(17)7-11(16)8-13(15)18/h3-9,20H,2H2,1H3/b19-9+. The van der Waals surface area contributed by atoms with Crippen molar-refractivity contribution in [1.29, 1.82) is 0 Å². The van der Waals surface area contributed by atoms with Gasteiger partial charge in [0.05, 0.1) is 28.6 Å². The van der Waals surface area contributed by atoms with Gasteiger partial charge in [-0.2, -0.15) is 5.10 Å². The van der Waals surface area contributed by atoms with Crippen molar-refractivity contribution in [3.63, 3.8) is 0 Å². The fraction of sp³-hybridized carbons (Fsp3) is 0.133. The Balaban J connectivity index is 2.17. The highest BCUT2D eigenvalue weighted by Crippen LogP contribution is 2.33. The Labute approximate surface area is 138 Å². The van der Waals surface area contributed by atoms with Gasteiger partial charge in [0, 0.05) is 10.6 Å². The minimum Gasteiger partial charge on any atom is -0.493 e. The average molecular weight is 344 g/mol. The molecule has 0 bridgehead atoms. The van der Waals surface area contributed by atoms with Crippen LogP contribution in [-0.2, 0) is 0 Å². The van der Waals surface area contributed by atoms with E-state index in [0.717, 1.165) is 11.3 Å². The van der Waals surface area contributed by atoms with E-state index in [4.69, 9.17) is 39.5 Å². The fourth-order valence-electron chi connectivity index (χ4n) is 1.69. The molecule has 0 aliphatic rings. The summed E-state index contributed by atoms with van der Waals surface area (Å²) in [7, 11) is 0. The zero-order valence-corrected chi connectivity index (χ0v) is 13.5. The summed E-state index contributed by atoms with van der Waals surface area (Å²) < 4.78 is 5.51. The van der Waals surface area contributed by atoms with Gasteiger partial charge in [0.25, 0.3) is 0 Å². The Hall–Kier alpha value is -1.42. The van der Waals surface area contributed by atoms with Crippen molar-refractivity contribution in [2.75, 3.05) is 12.0 Å². The van der Waals surface area contributed by atoms with Crippen LogP contribution in [0.3, 0.4) is 0 Å². The molecule has 21 heavy (non-hydrogen) atoms. The van der Waals surface area contributed by atoms with Crippen molar-refractivity contribution in [2.24, 2.45) is 5.10 Å². The van der Waals surface area contributed by atoms with Crippen LogP contribution in [0.2, 0.25) is 15.1 Å². The molecule has 1 N–H and O–H groups in total. The SMILES string of the molecule is CCOc1ccccc1/C=N/Nc1c(Cl)cc(Cl)cc1Cl. The van der Waals surface area contributed by atoms with E-state index in [1.807, 2.05) is 31.2 Å². The molecule has 2 aromatic rings. The van der Waals surface area contributed by atoms with E-state index in [1.165, 1.54) is 0 Å². The van der Waals surface area contributed by atoms with Crippen molar-refractivity contribution < 1.29 is 4.74 Å². The monoisotopic (exact) mass is 342 g/mol. The second-order valence-electron chi connectivity index (χ2n) is 4.09. The molecule has 0 heterocycles. The summed E-state index contributed by atoms with van der Waals surface area (Å²) in [6, 6.07) is 10.8. The van der Waals surface area contributed by atoms with Crippen molar-refractivity contribution >= 4 is 46.7 Å². The third-order valence-corrected chi connectivity index (χ3v) is 3.42. The predicted octanol–water partition coefficient (Wildman–Crippen LogP) is 5.49. The highest BCUT2D eigenvalue weighted by molar-refractivity contribution is 6.41. The second-order valence-corrected chi connectivity index (χ2v) is 5.34. The molecule has 0 fully saturated rings. The summed E-state index contributed by atoms with van der Waals surface area (Å²) in [5, 5.41) is 5.42. The molecular formula is C15H13Cl3N2O. The number of benzene rings is 2. The van der Waals surface area contributed by atoms with Gasteiger partial charge in [0.1, 0.15) is 5.75 Å². The van der Waals surface area contributed by atoms with Crippen LogP contribution in [-0.4, -0.2) is 12.8 Å². The number of halogens is 3.